The summed E-state index contributed by atoms with van der Waals surface area (Å²) in [6, 6.07) is 5.23. The molecule has 1 unspecified atom stereocenters. The van der Waals surface area contributed by atoms with E-state index in [0.29, 0.717) is 11.1 Å². The maximum absolute atomic E-state index is 13.9. The summed E-state index contributed by atoms with van der Waals surface area (Å²) in [5.41, 5.74) is 0.740. The Bertz CT molecular complexity index is 415. The zero-order valence-electron chi connectivity index (χ0n) is 12.3. The normalized spacial score (nSPS) is 17.6. The van der Waals surface area contributed by atoms with Gasteiger partial charge in [0.1, 0.15) is 5.82 Å². The summed E-state index contributed by atoms with van der Waals surface area (Å²) < 4.78 is 13.9. The molecule has 1 aromatic carbocycles. The van der Waals surface area contributed by atoms with Gasteiger partial charge in [-0.25, -0.2) is 4.39 Å². The Morgan fingerprint density at radius 3 is 2.80 bits per heavy atom. The molecular formula is C17H25ClFN. The Balaban J connectivity index is 1.99. The highest BCUT2D eigenvalue weighted by Crippen LogP contribution is 2.29. The van der Waals surface area contributed by atoms with Crippen molar-refractivity contribution >= 4 is 11.6 Å². The largest absolute Gasteiger partial charge is 0.314 e. The Morgan fingerprint density at radius 2 is 2.10 bits per heavy atom. The van der Waals surface area contributed by atoms with E-state index in [1.807, 2.05) is 0 Å². The third-order valence-electron chi connectivity index (χ3n) is 4.25. The van der Waals surface area contributed by atoms with E-state index in [1.54, 1.807) is 12.1 Å². The van der Waals surface area contributed by atoms with Crippen LogP contribution in [0.25, 0.3) is 0 Å². The predicted octanol–water partition coefficient (Wildman–Crippen LogP) is 4.97. The Kier molecular flexibility index (Phi) is 6.31. The van der Waals surface area contributed by atoms with Crippen molar-refractivity contribution in [2.45, 2.75) is 57.9 Å². The number of benzene rings is 1. The van der Waals surface area contributed by atoms with Crippen molar-refractivity contribution in [1.29, 1.82) is 0 Å². The average Bonchev–Trinajstić information content (AvgIpc) is 2.93. The first kappa shape index (κ1) is 15.8. The second kappa shape index (κ2) is 7.99. The highest BCUT2D eigenvalue weighted by molar-refractivity contribution is 6.30. The second-order valence-corrected chi connectivity index (χ2v) is 6.41. The molecule has 0 spiro atoms. The number of hydrogen-bond donors (Lipinski definition) is 1. The van der Waals surface area contributed by atoms with Crippen LogP contribution >= 0.6 is 11.6 Å². The first-order valence-corrected chi connectivity index (χ1v) is 8.24. The molecule has 112 valence electrons. The van der Waals surface area contributed by atoms with Crippen molar-refractivity contribution in [1.82, 2.24) is 5.32 Å². The van der Waals surface area contributed by atoms with Gasteiger partial charge in [0.25, 0.3) is 0 Å². The van der Waals surface area contributed by atoms with Crippen molar-refractivity contribution in [3.63, 3.8) is 0 Å². The minimum absolute atomic E-state index is 0.135. The van der Waals surface area contributed by atoms with E-state index < -0.39 is 0 Å². The molecule has 1 aliphatic rings. The molecule has 0 heterocycles. The first-order valence-electron chi connectivity index (χ1n) is 7.86. The molecule has 0 saturated heterocycles. The second-order valence-electron chi connectivity index (χ2n) is 5.98. The molecule has 1 atom stereocenters. The molecule has 0 aliphatic heterocycles. The van der Waals surface area contributed by atoms with Gasteiger partial charge in [-0.2, -0.15) is 0 Å². The first-order chi connectivity index (χ1) is 9.69. The summed E-state index contributed by atoms with van der Waals surface area (Å²) >= 11 is 5.99. The summed E-state index contributed by atoms with van der Waals surface area (Å²) in [5, 5.41) is 4.20. The molecule has 1 N–H and O–H groups in total. The minimum atomic E-state index is -0.135. The van der Waals surface area contributed by atoms with E-state index in [2.05, 4.69) is 12.2 Å². The molecule has 1 nitrogen and oxygen atoms in total. The van der Waals surface area contributed by atoms with Crippen LogP contribution in [0.4, 0.5) is 4.39 Å². The van der Waals surface area contributed by atoms with Crippen molar-refractivity contribution in [2.75, 3.05) is 6.54 Å². The van der Waals surface area contributed by atoms with Gasteiger partial charge in [0, 0.05) is 11.1 Å². The van der Waals surface area contributed by atoms with Gasteiger partial charge < -0.3 is 5.32 Å². The SMILES string of the molecule is CCCNC(Cc1cc(Cl)ccc1F)CC1CCCC1. The molecule has 0 aromatic heterocycles. The van der Waals surface area contributed by atoms with E-state index in [9.17, 15) is 4.39 Å². The molecule has 1 aromatic rings. The van der Waals surface area contributed by atoms with Gasteiger partial charge in [-0.3, -0.25) is 0 Å². The summed E-state index contributed by atoms with van der Waals surface area (Å²) in [6.45, 7) is 3.17. The number of halogens is 2. The third kappa shape index (κ3) is 4.75. The average molecular weight is 298 g/mol. The Labute approximate surface area is 126 Å². The van der Waals surface area contributed by atoms with Gasteiger partial charge >= 0.3 is 0 Å². The summed E-state index contributed by atoms with van der Waals surface area (Å²) in [6.07, 6.45) is 8.39. The monoisotopic (exact) mass is 297 g/mol. The van der Waals surface area contributed by atoms with Crippen molar-refractivity contribution < 1.29 is 4.39 Å². The fourth-order valence-corrected chi connectivity index (χ4v) is 3.40. The summed E-state index contributed by atoms with van der Waals surface area (Å²) in [4.78, 5) is 0. The van der Waals surface area contributed by atoms with Crippen LogP contribution in [0.15, 0.2) is 18.2 Å². The van der Waals surface area contributed by atoms with Crippen LogP contribution in [-0.4, -0.2) is 12.6 Å². The summed E-state index contributed by atoms with van der Waals surface area (Å²) in [5.74, 6) is 0.677. The molecule has 0 radical (unpaired) electrons. The lowest BCUT2D eigenvalue weighted by molar-refractivity contribution is 0.381. The van der Waals surface area contributed by atoms with E-state index in [4.69, 9.17) is 11.6 Å². The molecule has 20 heavy (non-hydrogen) atoms. The van der Waals surface area contributed by atoms with Gasteiger partial charge in [0.05, 0.1) is 0 Å². The van der Waals surface area contributed by atoms with Crippen LogP contribution in [0, 0.1) is 11.7 Å². The maximum Gasteiger partial charge on any atom is 0.126 e. The van der Waals surface area contributed by atoms with Crippen LogP contribution in [0.5, 0.6) is 0 Å². The van der Waals surface area contributed by atoms with Gasteiger partial charge in [-0.1, -0.05) is 44.2 Å². The van der Waals surface area contributed by atoms with Gasteiger partial charge in [-0.15, -0.1) is 0 Å². The Morgan fingerprint density at radius 1 is 1.35 bits per heavy atom. The van der Waals surface area contributed by atoms with E-state index in [1.165, 1.54) is 31.7 Å². The number of nitrogens with one attached hydrogen (secondary N) is 1. The molecule has 1 fully saturated rings. The maximum atomic E-state index is 13.9. The van der Waals surface area contributed by atoms with Crippen molar-refractivity contribution in [3.05, 3.63) is 34.6 Å². The van der Waals surface area contributed by atoms with E-state index in [0.717, 1.165) is 37.3 Å². The van der Waals surface area contributed by atoms with Crippen molar-refractivity contribution in [2.24, 2.45) is 5.92 Å². The van der Waals surface area contributed by atoms with Gasteiger partial charge in [0.2, 0.25) is 0 Å². The quantitative estimate of drug-likeness (QED) is 0.749. The lowest BCUT2D eigenvalue weighted by atomic mass is 9.93. The zero-order chi connectivity index (χ0) is 14.4. The topological polar surface area (TPSA) is 12.0 Å². The van der Waals surface area contributed by atoms with Crippen molar-refractivity contribution in [3.8, 4) is 0 Å². The molecular weight excluding hydrogens is 273 g/mol. The molecule has 3 heteroatoms. The molecule has 0 bridgehead atoms. The Hall–Kier alpha value is -0.600. The summed E-state index contributed by atoms with van der Waals surface area (Å²) in [7, 11) is 0. The smallest absolute Gasteiger partial charge is 0.126 e. The fraction of sp³-hybridized carbons (Fsp3) is 0.647. The van der Waals surface area contributed by atoms with Crippen LogP contribution in [-0.2, 0) is 6.42 Å². The fourth-order valence-electron chi connectivity index (χ4n) is 3.20. The molecule has 1 aliphatic carbocycles. The molecule has 2 rings (SSSR count). The van der Waals surface area contributed by atoms with Crippen LogP contribution < -0.4 is 5.32 Å². The number of hydrogen-bond acceptors (Lipinski definition) is 1. The third-order valence-corrected chi connectivity index (χ3v) is 4.48. The lowest BCUT2D eigenvalue weighted by Crippen LogP contribution is -2.33. The van der Waals surface area contributed by atoms with Crippen LogP contribution in [0.1, 0.15) is 51.0 Å². The van der Waals surface area contributed by atoms with E-state index in [-0.39, 0.29) is 5.82 Å². The number of rotatable bonds is 7. The van der Waals surface area contributed by atoms with Crippen LogP contribution in [0.2, 0.25) is 5.02 Å². The molecule has 0 amide bonds. The highest BCUT2D eigenvalue weighted by Gasteiger charge is 2.21. The standard InChI is InChI=1S/C17H25ClFN/c1-2-9-20-16(10-13-5-3-4-6-13)12-14-11-15(18)7-8-17(14)19/h7-8,11,13,16,20H,2-6,9-10,12H2,1H3. The van der Waals surface area contributed by atoms with Gasteiger partial charge in [0.15, 0.2) is 0 Å². The van der Waals surface area contributed by atoms with Crippen LogP contribution in [0.3, 0.4) is 0 Å². The van der Waals surface area contributed by atoms with E-state index >= 15 is 0 Å². The molecule has 1 saturated carbocycles. The zero-order valence-corrected chi connectivity index (χ0v) is 13.1. The highest BCUT2D eigenvalue weighted by atomic mass is 35.5. The lowest BCUT2D eigenvalue weighted by Gasteiger charge is -2.22. The predicted molar refractivity (Wildman–Crippen MR) is 83.8 cm³/mol. The minimum Gasteiger partial charge on any atom is -0.314 e. The van der Waals surface area contributed by atoms with Gasteiger partial charge in [-0.05, 0) is 55.5 Å².